The highest BCUT2D eigenvalue weighted by molar-refractivity contribution is 5.81. The Labute approximate surface area is 111 Å². The molecule has 0 spiro atoms. The van der Waals surface area contributed by atoms with Gasteiger partial charge in [-0.2, -0.15) is 0 Å². The lowest BCUT2D eigenvalue weighted by Crippen LogP contribution is -1.98. The summed E-state index contributed by atoms with van der Waals surface area (Å²) in [4.78, 5) is 2.91. The fraction of sp³-hybridized carbons (Fsp3) is 0.0588. The number of halogens is 1. The van der Waals surface area contributed by atoms with Crippen LogP contribution in [-0.2, 0) is 0 Å². The molecule has 0 aliphatic heterocycles. The summed E-state index contributed by atoms with van der Waals surface area (Å²) >= 11 is 0. The summed E-state index contributed by atoms with van der Waals surface area (Å²) in [7, 11) is 0. The number of hydrogen-bond donors (Lipinski definition) is 1. The molecule has 19 heavy (non-hydrogen) atoms. The van der Waals surface area contributed by atoms with Gasteiger partial charge < -0.3 is 4.98 Å². The Bertz CT molecular complexity index is 712. The highest BCUT2D eigenvalue weighted by atomic mass is 19.1. The molecule has 2 heteroatoms. The molecule has 2 aromatic carbocycles. The molecular formula is C17H14FN. The molecule has 3 rings (SSSR count). The summed E-state index contributed by atoms with van der Waals surface area (Å²) in [6.07, 6.45) is 3.60. The Morgan fingerprint density at radius 2 is 1.84 bits per heavy atom. The van der Waals surface area contributed by atoms with Gasteiger partial charge in [0.1, 0.15) is 5.82 Å². The number of aromatic nitrogens is 1. The van der Waals surface area contributed by atoms with E-state index in [-0.39, 0.29) is 11.7 Å². The molecule has 0 aliphatic carbocycles. The molecule has 1 nitrogen and oxygen atoms in total. The quantitative estimate of drug-likeness (QED) is 0.653. The lowest BCUT2D eigenvalue weighted by molar-refractivity contribution is 0.635. The summed E-state index contributed by atoms with van der Waals surface area (Å²) in [6.45, 7) is 3.88. The molecule has 0 radical (unpaired) electrons. The van der Waals surface area contributed by atoms with Crippen molar-refractivity contribution in [3.8, 4) is 0 Å². The summed E-state index contributed by atoms with van der Waals surface area (Å²) in [5.74, 6) is -0.213. The van der Waals surface area contributed by atoms with Crippen LogP contribution < -0.4 is 0 Å². The number of rotatable bonds is 3. The monoisotopic (exact) mass is 251 g/mol. The van der Waals surface area contributed by atoms with Gasteiger partial charge in [0.15, 0.2) is 0 Å². The molecule has 1 heterocycles. The van der Waals surface area contributed by atoms with Crippen LogP contribution in [0.2, 0.25) is 0 Å². The first-order valence-corrected chi connectivity index (χ1v) is 6.23. The minimum atomic E-state index is -0.222. The average molecular weight is 251 g/mol. The number of hydrogen-bond acceptors (Lipinski definition) is 0. The second kappa shape index (κ2) is 4.73. The summed E-state index contributed by atoms with van der Waals surface area (Å²) < 4.78 is 14.0. The van der Waals surface area contributed by atoms with Gasteiger partial charge in [-0.1, -0.05) is 36.4 Å². The molecule has 0 saturated heterocycles. The second-order valence-corrected chi connectivity index (χ2v) is 4.57. The molecule has 94 valence electrons. The predicted molar refractivity (Wildman–Crippen MR) is 76.7 cm³/mol. The number of aromatic amines is 1. The number of H-pyrrole nitrogens is 1. The van der Waals surface area contributed by atoms with Crippen LogP contribution in [0.4, 0.5) is 4.39 Å². The minimum absolute atomic E-state index is 0.00926. The van der Waals surface area contributed by atoms with E-state index in [1.54, 1.807) is 12.3 Å². The number of benzene rings is 2. The predicted octanol–water partition coefficient (Wildman–Crippen LogP) is 4.62. The highest BCUT2D eigenvalue weighted by Gasteiger charge is 2.13. The Balaban J connectivity index is 2.14. The first-order valence-electron chi connectivity index (χ1n) is 6.23. The van der Waals surface area contributed by atoms with Gasteiger partial charge >= 0.3 is 0 Å². The molecule has 1 N–H and O–H groups in total. The van der Waals surface area contributed by atoms with Gasteiger partial charge in [-0.25, -0.2) is 4.39 Å². The zero-order valence-corrected chi connectivity index (χ0v) is 10.4. The van der Waals surface area contributed by atoms with E-state index in [0.717, 1.165) is 16.5 Å². The van der Waals surface area contributed by atoms with E-state index in [4.69, 9.17) is 0 Å². The van der Waals surface area contributed by atoms with E-state index in [1.165, 1.54) is 0 Å². The maximum Gasteiger partial charge on any atom is 0.147 e. The van der Waals surface area contributed by atoms with Crippen molar-refractivity contribution in [3.63, 3.8) is 0 Å². The van der Waals surface area contributed by atoms with Crippen LogP contribution in [0, 0.1) is 5.82 Å². The zero-order chi connectivity index (χ0) is 13.2. The van der Waals surface area contributed by atoms with Crippen molar-refractivity contribution in [1.29, 1.82) is 0 Å². The van der Waals surface area contributed by atoms with Gasteiger partial charge in [0.05, 0.1) is 5.52 Å². The van der Waals surface area contributed by atoms with Gasteiger partial charge in [-0.05, 0) is 29.3 Å². The van der Waals surface area contributed by atoms with Crippen molar-refractivity contribution in [2.75, 3.05) is 0 Å². The summed E-state index contributed by atoms with van der Waals surface area (Å²) in [5.41, 5.74) is 2.59. The standard InChI is InChI=1S/C17H14FN/c1-2-15(12-6-4-3-5-7-12)14-10-13-8-9-19-17(13)16(18)11-14/h2-11,15,19H,1H2. The first-order chi connectivity index (χ1) is 9.29. The maximum absolute atomic E-state index is 14.0. The van der Waals surface area contributed by atoms with E-state index in [9.17, 15) is 4.39 Å². The van der Waals surface area contributed by atoms with E-state index in [2.05, 4.69) is 11.6 Å². The van der Waals surface area contributed by atoms with E-state index in [1.807, 2.05) is 48.5 Å². The van der Waals surface area contributed by atoms with Gasteiger partial charge in [-0.3, -0.25) is 0 Å². The summed E-state index contributed by atoms with van der Waals surface area (Å²) in [6, 6.07) is 15.5. The maximum atomic E-state index is 14.0. The SMILES string of the molecule is C=CC(c1ccccc1)c1cc(F)c2[nH]ccc2c1. The molecule has 0 fully saturated rings. The Morgan fingerprint density at radius 3 is 2.58 bits per heavy atom. The van der Waals surface area contributed by atoms with Gasteiger partial charge in [0.2, 0.25) is 0 Å². The van der Waals surface area contributed by atoms with Gasteiger partial charge in [-0.15, -0.1) is 6.58 Å². The Hall–Kier alpha value is -2.35. The van der Waals surface area contributed by atoms with Crippen molar-refractivity contribution in [1.82, 2.24) is 4.98 Å². The first kappa shape index (κ1) is 11.7. The average Bonchev–Trinajstić information content (AvgIpc) is 2.90. The largest absolute Gasteiger partial charge is 0.359 e. The lowest BCUT2D eigenvalue weighted by atomic mass is 9.91. The molecule has 1 atom stereocenters. The van der Waals surface area contributed by atoms with Gasteiger partial charge in [0, 0.05) is 17.5 Å². The minimum Gasteiger partial charge on any atom is -0.359 e. The third kappa shape index (κ3) is 2.06. The number of allylic oxidation sites excluding steroid dienone is 1. The number of nitrogens with one attached hydrogen (secondary N) is 1. The molecule has 0 bridgehead atoms. The summed E-state index contributed by atoms with van der Waals surface area (Å²) in [5, 5.41) is 0.887. The zero-order valence-electron chi connectivity index (χ0n) is 10.4. The van der Waals surface area contributed by atoms with E-state index < -0.39 is 0 Å². The molecule has 1 aromatic heterocycles. The van der Waals surface area contributed by atoms with Crippen molar-refractivity contribution in [2.45, 2.75) is 5.92 Å². The van der Waals surface area contributed by atoms with Crippen LogP contribution in [0.1, 0.15) is 17.0 Å². The van der Waals surface area contributed by atoms with Crippen LogP contribution in [0.5, 0.6) is 0 Å². The smallest absolute Gasteiger partial charge is 0.147 e. The lowest BCUT2D eigenvalue weighted by Gasteiger charge is -2.14. The van der Waals surface area contributed by atoms with Crippen LogP contribution in [-0.4, -0.2) is 4.98 Å². The van der Waals surface area contributed by atoms with Crippen LogP contribution in [0.25, 0.3) is 10.9 Å². The van der Waals surface area contributed by atoms with Crippen LogP contribution in [0.15, 0.2) is 67.4 Å². The van der Waals surface area contributed by atoms with Crippen LogP contribution >= 0.6 is 0 Å². The molecular weight excluding hydrogens is 237 g/mol. The molecule has 1 unspecified atom stereocenters. The molecule has 0 saturated carbocycles. The molecule has 0 amide bonds. The second-order valence-electron chi connectivity index (χ2n) is 4.57. The third-order valence-electron chi connectivity index (χ3n) is 3.39. The highest BCUT2D eigenvalue weighted by Crippen LogP contribution is 2.29. The normalized spacial score (nSPS) is 12.5. The van der Waals surface area contributed by atoms with Crippen molar-refractivity contribution in [2.24, 2.45) is 0 Å². The van der Waals surface area contributed by atoms with E-state index in [0.29, 0.717) is 5.52 Å². The van der Waals surface area contributed by atoms with Gasteiger partial charge in [0.25, 0.3) is 0 Å². The fourth-order valence-electron chi connectivity index (χ4n) is 2.45. The van der Waals surface area contributed by atoms with Crippen LogP contribution in [0.3, 0.4) is 0 Å². The fourth-order valence-corrected chi connectivity index (χ4v) is 2.45. The van der Waals surface area contributed by atoms with Crippen molar-refractivity contribution >= 4 is 10.9 Å². The topological polar surface area (TPSA) is 15.8 Å². The third-order valence-corrected chi connectivity index (χ3v) is 3.39. The van der Waals surface area contributed by atoms with Crippen molar-refractivity contribution < 1.29 is 4.39 Å². The van der Waals surface area contributed by atoms with E-state index >= 15 is 0 Å². The molecule has 0 aliphatic rings. The Kier molecular flexibility index (Phi) is 2.92. The Morgan fingerprint density at radius 1 is 1.05 bits per heavy atom. The number of fused-ring (bicyclic) bond motifs is 1. The molecule has 3 aromatic rings. The van der Waals surface area contributed by atoms with Crippen molar-refractivity contribution in [3.05, 3.63) is 84.3 Å².